The van der Waals surface area contributed by atoms with Crippen LogP contribution in [0.1, 0.15) is 33.6 Å². The average Bonchev–Trinajstić information content (AvgIpc) is 2.15. The first-order chi connectivity index (χ1) is 6.55. The zero-order chi connectivity index (χ0) is 11.0. The van der Waals surface area contributed by atoms with E-state index in [1.54, 1.807) is 7.11 Å². The fraction of sp³-hybridized carbons (Fsp3) is 1.00. The standard InChI is InChI=1S/C11H25NO2/c1-5-7-12(9-10-13)8-6-11(2,3)14-4/h13H,5-10H2,1-4H3. The summed E-state index contributed by atoms with van der Waals surface area (Å²) in [5.41, 5.74) is -0.0541. The Bertz CT molecular complexity index is 131. The van der Waals surface area contributed by atoms with Crippen molar-refractivity contribution in [3.63, 3.8) is 0 Å². The van der Waals surface area contributed by atoms with E-state index < -0.39 is 0 Å². The number of rotatable bonds is 8. The first kappa shape index (κ1) is 13.9. The van der Waals surface area contributed by atoms with E-state index in [2.05, 4.69) is 25.7 Å². The van der Waals surface area contributed by atoms with Crippen molar-refractivity contribution in [3.8, 4) is 0 Å². The van der Waals surface area contributed by atoms with Gasteiger partial charge in [-0.25, -0.2) is 0 Å². The van der Waals surface area contributed by atoms with Crippen molar-refractivity contribution in [2.75, 3.05) is 33.4 Å². The van der Waals surface area contributed by atoms with Gasteiger partial charge < -0.3 is 14.7 Å². The highest BCUT2D eigenvalue weighted by molar-refractivity contribution is 4.70. The number of aliphatic hydroxyl groups excluding tert-OH is 1. The summed E-state index contributed by atoms with van der Waals surface area (Å²) in [6.07, 6.45) is 2.14. The molecule has 0 fully saturated rings. The molecule has 0 aromatic rings. The second kappa shape index (κ2) is 7.21. The Hall–Kier alpha value is -0.120. The van der Waals surface area contributed by atoms with Crippen molar-refractivity contribution in [1.82, 2.24) is 4.90 Å². The normalized spacial score (nSPS) is 12.4. The molecule has 0 radical (unpaired) electrons. The van der Waals surface area contributed by atoms with Crippen molar-refractivity contribution < 1.29 is 9.84 Å². The third-order valence-electron chi connectivity index (χ3n) is 2.54. The van der Waals surface area contributed by atoms with Gasteiger partial charge in [0.1, 0.15) is 0 Å². The molecule has 86 valence electrons. The smallest absolute Gasteiger partial charge is 0.0634 e. The van der Waals surface area contributed by atoms with Crippen LogP contribution in [0.5, 0.6) is 0 Å². The van der Waals surface area contributed by atoms with Gasteiger partial charge in [0.15, 0.2) is 0 Å². The highest BCUT2D eigenvalue weighted by Gasteiger charge is 2.17. The van der Waals surface area contributed by atoms with Crippen LogP contribution in [0, 0.1) is 0 Å². The molecule has 0 saturated carbocycles. The Morgan fingerprint density at radius 1 is 1.21 bits per heavy atom. The number of aliphatic hydroxyl groups is 1. The predicted octanol–water partition coefficient (Wildman–Crippen LogP) is 1.51. The van der Waals surface area contributed by atoms with Gasteiger partial charge in [0.2, 0.25) is 0 Å². The van der Waals surface area contributed by atoms with Gasteiger partial charge >= 0.3 is 0 Å². The van der Waals surface area contributed by atoms with Crippen LogP contribution in [-0.4, -0.2) is 49.0 Å². The first-order valence-electron chi connectivity index (χ1n) is 5.44. The van der Waals surface area contributed by atoms with Crippen LogP contribution in [0.4, 0.5) is 0 Å². The van der Waals surface area contributed by atoms with E-state index in [1.165, 1.54) is 0 Å². The molecule has 0 spiro atoms. The van der Waals surface area contributed by atoms with Gasteiger partial charge in [-0.15, -0.1) is 0 Å². The molecule has 0 aliphatic carbocycles. The summed E-state index contributed by atoms with van der Waals surface area (Å²) >= 11 is 0. The minimum absolute atomic E-state index is 0.0541. The molecule has 14 heavy (non-hydrogen) atoms. The van der Waals surface area contributed by atoms with Crippen molar-refractivity contribution in [1.29, 1.82) is 0 Å². The minimum Gasteiger partial charge on any atom is -0.395 e. The van der Waals surface area contributed by atoms with Crippen LogP contribution in [0.15, 0.2) is 0 Å². The van der Waals surface area contributed by atoms with Crippen LogP contribution in [0.25, 0.3) is 0 Å². The van der Waals surface area contributed by atoms with Crippen LogP contribution in [-0.2, 0) is 4.74 Å². The molecule has 0 unspecified atom stereocenters. The molecule has 0 saturated heterocycles. The Kier molecular flexibility index (Phi) is 7.15. The van der Waals surface area contributed by atoms with Gasteiger partial charge in [0.25, 0.3) is 0 Å². The molecular weight excluding hydrogens is 178 g/mol. The highest BCUT2D eigenvalue weighted by atomic mass is 16.5. The van der Waals surface area contributed by atoms with Crippen molar-refractivity contribution in [2.45, 2.75) is 39.2 Å². The largest absolute Gasteiger partial charge is 0.395 e. The summed E-state index contributed by atoms with van der Waals surface area (Å²) in [6, 6.07) is 0. The van der Waals surface area contributed by atoms with Gasteiger partial charge in [0.05, 0.1) is 12.2 Å². The van der Waals surface area contributed by atoms with E-state index in [0.717, 1.165) is 32.5 Å². The Morgan fingerprint density at radius 3 is 2.29 bits per heavy atom. The van der Waals surface area contributed by atoms with Gasteiger partial charge in [-0.05, 0) is 33.2 Å². The van der Waals surface area contributed by atoms with E-state index in [4.69, 9.17) is 9.84 Å². The van der Waals surface area contributed by atoms with Gasteiger partial charge in [-0.3, -0.25) is 0 Å². The topological polar surface area (TPSA) is 32.7 Å². The quantitative estimate of drug-likeness (QED) is 0.649. The second-order valence-electron chi connectivity index (χ2n) is 4.28. The summed E-state index contributed by atoms with van der Waals surface area (Å²) in [6.45, 7) is 9.41. The average molecular weight is 203 g/mol. The molecule has 0 aliphatic heterocycles. The number of hydrogen-bond donors (Lipinski definition) is 1. The maximum atomic E-state index is 8.88. The van der Waals surface area contributed by atoms with Crippen molar-refractivity contribution >= 4 is 0 Å². The Labute approximate surface area is 88.1 Å². The molecule has 0 aromatic carbocycles. The van der Waals surface area contributed by atoms with Crippen LogP contribution >= 0.6 is 0 Å². The monoisotopic (exact) mass is 203 g/mol. The lowest BCUT2D eigenvalue weighted by Crippen LogP contribution is -2.34. The van der Waals surface area contributed by atoms with E-state index in [-0.39, 0.29) is 12.2 Å². The van der Waals surface area contributed by atoms with Gasteiger partial charge in [-0.2, -0.15) is 0 Å². The molecule has 0 bridgehead atoms. The number of ether oxygens (including phenoxy) is 1. The number of methoxy groups -OCH3 is 1. The molecule has 0 atom stereocenters. The minimum atomic E-state index is -0.0541. The molecule has 1 N–H and O–H groups in total. The van der Waals surface area contributed by atoms with Crippen molar-refractivity contribution in [2.24, 2.45) is 0 Å². The molecule has 0 aromatic heterocycles. The summed E-state index contributed by atoms with van der Waals surface area (Å²) in [7, 11) is 1.75. The van der Waals surface area contributed by atoms with E-state index in [9.17, 15) is 0 Å². The van der Waals surface area contributed by atoms with E-state index in [1.807, 2.05) is 0 Å². The fourth-order valence-electron chi connectivity index (χ4n) is 1.32. The summed E-state index contributed by atoms with van der Waals surface area (Å²) in [5.74, 6) is 0. The third kappa shape index (κ3) is 6.35. The highest BCUT2D eigenvalue weighted by Crippen LogP contribution is 2.13. The summed E-state index contributed by atoms with van der Waals surface area (Å²) < 4.78 is 5.36. The molecular formula is C11H25NO2. The van der Waals surface area contributed by atoms with Gasteiger partial charge in [-0.1, -0.05) is 6.92 Å². The lowest BCUT2D eigenvalue weighted by molar-refractivity contribution is 0.00633. The SMILES string of the molecule is CCCN(CCO)CCC(C)(C)OC. The zero-order valence-electron chi connectivity index (χ0n) is 10.0. The summed E-state index contributed by atoms with van der Waals surface area (Å²) in [4.78, 5) is 2.28. The number of hydrogen-bond acceptors (Lipinski definition) is 3. The van der Waals surface area contributed by atoms with Crippen LogP contribution in [0.3, 0.4) is 0 Å². The van der Waals surface area contributed by atoms with E-state index in [0.29, 0.717) is 0 Å². The van der Waals surface area contributed by atoms with Crippen molar-refractivity contribution in [3.05, 3.63) is 0 Å². The van der Waals surface area contributed by atoms with E-state index >= 15 is 0 Å². The molecule has 0 aliphatic rings. The first-order valence-corrected chi connectivity index (χ1v) is 5.44. The maximum Gasteiger partial charge on any atom is 0.0634 e. The Balaban J connectivity index is 3.80. The third-order valence-corrected chi connectivity index (χ3v) is 2.54. The molecule has 0 amide bonds. The molecule has 0 rings (SSSR count). The maximum absolute atomic E-state index is 8.88. The molecule has 3 nitrogen and oxygen atoms in total. The lowest BCUT2D eigenvalue weighted by Gasteiger charge is -2.27. The van der Waals surface area contributed by atoms with Crippen LogP contribution in [0.2, 0.25) is 0 Å². The predicted molar refractivity (Wildman–Crippen MR) is 59.5 cm³/mol. The van der Waals surface area contributed by atoms with Crippen LogP contribution < -0.4 is 0 Å². The summed E-state index contributed by atoms with van der Waals surface area (Å²) in [5, 5.41) is 8.88. The zero-order valence-corrected chi connectivity index (χ0v) is 10.0. The Morgan fingerprint density at radius 2 is 1.86 bits per heavy atom. The molecule has 3 heteroatoms. The van der Waals surface area contributed by atoms with Gasteiger partial charge in [0, 0.05) is 20.2 Å². The second-order valence-corrected chi connectivity index (χ2v) is 4.28. The lowest BCUT2D eigenvalue weighted by atomic mass is 10.1. The molecule has 0 heterocycles. The number of nitrogens with zero attached hydrogens (tertiary/aromatic N) is 1. The fourth-order valence-corrected chi connectivity index (χ4v) is 1.32.